The number of hydrogen-bond acceptors (Lipinski definition) is 5. The van der Waals surface area contributed by atoms with Crippen LogP contribution in [0.5, 0.6) is 0 Å². The van der Waals surface area contributed by atoms with Crippen molar-refractivity contribution in [3.63, 3.8) is 0 Å². The predicted octanol–water partition coefficient (Wildman–Crippen LogP) is 1.14. The third-order valence-corrected chi connectivity index (χ3v) is 3.50. The van der Waals surface area contributed by atoms with Gasteiger partial charge in [0.1, 0.15) is 23.6 Å². The molecule has 1 aromatic heterocycles. The van der Waals surface area contributed by atoms with Crippen LogP contribution in [0.15, 0.2) is 41.8 Å². The summed E-state index contributed by atoms with van der Waals surface area (Å²) in [6, 6.07) is 4.52. The van der Waals surface area contributed by atoms with Crippen LogP contribution in [-0.2, 0) is 15.0 Å². The Bertz CT molecular complexity index is 715. The van der Waals surface area contributed by atoms with Crippen molar-refractivity contribution in [2.24, 2.45) is 0 Å². The summed E-state index contributed by atoms with van der Waals surface area (Å²) in [5, 5.41) is 6.16. The van der Waals surface area contributed by atoms with Crippen LogP contribution in [0.4, 0.5) is 9.57 Å². The fourth-order valence-electron chi connectivity index (χ4n) is 1.56. The molecule has 0 spiro atoms. The fourth-order valence-corrected chi connectivity index (χ4v) is 2.18. The summed E-state index contributed by atoms with van der Waals surface area (Å²) in [4.78, 5) is 15.1. The van der Waals surface area contributed by atoms with E-state index in [0.29, 0.717) is 0 Å². The maximum atomic E-state index is 13.1. The van der Waals surface area contributed by atoms with E-state index < -0.39 is 27.1 Å². The van der Waals surface area contributed by atoms with E-state index >= 15 is 0 Å². The zero-order valence-electron chi connectivity index (χ0n) is 10.4. The Balaban J connectivity index is 2.25. The number of nitrogens with one attached hydrogen (secondary N) is 1. The molecule has 0 bridgehead atoms. The van der Waals surface area contributed by atoms with Gasteiger partial charge in [-0.3, -0.25) is 4.79 Å². The molecule has 1 aromatic carbocycles. The van der Waals surface area contributed by atoms with Crippen LogP contribution >= 0.6 is 0 Å². The first-order valence-corrected chi connectivity index (χ1v) is 6.96. The van der Waals surface area contributed by atoms with Crippen LogP contribution in [0.25, 0.3) is 0 Å². The zero-order valence-corrected chi connectivity index (χ0v) is 11.2. The number of anilines is 1. The van der Waals surface area contributed by atoms with E-state index in [1.807, 2.05) is 0 Å². The van der Waals surface area contributed by atoms with Gasteiger partial charge in [-0.25, -0.2) is 9.67 Å². The summed E-state index contributed by atoms with van der Waals surface area (Å²) in [6.45, 7) is 1.55. The predicted molar refractivity (Wildman–Crippen MR) is 68.1 cm³/mol. The Hall–Kier alpha value is -2.29. The smallest absolute Gasteiger partial charge is 0.323 e. The van der Waals surface area contributed by atoms with Crippen molar-refractivity contribution in [2.75, 3.05) is 5.32 Å². The second kappa shape index (κ2) is 5.37. The molecule has 9 heteroatoms. The van der Waals surface area contributed by atoms with Gasteiger partial charge in [0.2, 0.25) is 5.91 Å². The number of benzene rings is 1. The van der Waals surface area contributed by atoms with Crippen LogP contribution in [-0.4, -0.2) is 29.1 Å². The minimum absolute atomic E-state index is 0.119. The Kier molecular flexibility index (Phi) is 3.79. The average Bonchev–Trinajstić information content (AvgIpc) is 2.91. The lowest BCUT2D eigenvalue weighted by Gasteiger charge is -2.13. The van der Waals surface area contributed by atoms with Crippen molar-refractivity contribution < 1.29 is 17.1 Å². The minimum atomic E-state index is -4.91. The van der Waals surface area contributed by atoms with E-state index in [-0.39, 0.29) is 5.69 Å². The number of carbonyl (C=O) groups is 1. The van der Waals surface area contributed by atoms with E-state index in [0.717, 1.165) is 6.07 Å². The minimum Gasteiger partial charge on any atom is -0.323 e. The Morgan fingerprint density at radius 1 is 1.40 bits per heavy atom. The summed E-state index contributed by atoms with van der Waals surface area (Å²) in [5.74, 6) is -0.536. The van der Waals surface area contributed by atoms with E-state index in [9.17, 15) is 17.1 Å². The Morgan fingerprint density at radius 2 is 2.10 bits per heavy atom. The average molecular weight is 298 g/mol. The second-order valence-corrected chi connectivity index (χ2v) is 5.29. The first-order valence-electron chi connectivity index (χ1n) is 5.58. The molecule has 0 fully saturated rings. The van der Waals surface area contributed by atoms with E-state index in [4.69, 9.17) is 0 Å². The largest absolute Gasteiger partial charge is 0.334 e. The van der Waals surface area contributed by atoms with Gasteiger partial charge in [0.05, 0.1) is 5.69 Å². The van der Waals surface area contributed by atoms with Crippen molar-refractivity contribution in [3.05, 3.63) is 36.9 Å². The summed E-state index contributed by atoms with van der Waals surface area (Å²) in [6.07, 6.45) is 2.62. The van der Waals surface area contributed by atoms with Crippen molar-refractivity contribution in [3.8, 4) is 0 Å². The number of aromatic nitrogens is 3. The molecule has 1 unspecified atom stereocenters. The number of para-hydroxylation sites is 1. The maximum Gasteiger partial charge on any atom is 0.334 e. The monoisotopic (exact) mass is 298 g/mol. The van der Waals surface area contributed by atoms with Gasteiger partial charge in [-0.05, 0) is 19.1 Å². The number of rotatable bonds is 4. The lowest BCUT2D eigenvalue weighted by molar-refractivity contribution is -0.119. The fraction of sp³-hybridized carbons (Fsp3) is 0.182. The Morgan fingerprint density at radius 3 is 2.70 bits per heavy atom. The number of amides is 1. The molecule has 1 N–H and O–H groups in total. The molecule has 1 atom stereocenters. The summed E-state index contributed by atoms with van der Waals surface area (Å²) in [7, 11) is -4.91. The topological polar surface area (TPSA) is 94.0 Å². The highest BCUT2D eigenvalue weighted by molar-refractivity contribution is 7.86. The van der Waals surface area contributed by atoms with Gasteiger partial charge in [0, 0.05) is 0 Å². The number of hydrogen-bond donors (Lipinski definition) is 1. The Labute approximate surface area is 114 Å². The van der Waals surface area contributed by atoms with Crippen LogP contribution < -0.4 is 5.32 Å². The third-order valence-electron chi connectivity index (χ3n) is 2.62. The van der Waals surface area contributed by atoms with Gasteiger partial charge in [0.25, 0.3) is 0 Å². The summed E-state index contributed by atoms with van der Waals surface area (Å²) < 4.78 is 36.4. The van der Waals surface area contributed by atoms with Crippen molar-refractivity contribution in [2.45, 2.75) is 17.9 Å². The molecule has 106 valence electrons. The third kappa shape index (κ3) is 2.99. The maximum absolute atomic E-state index is 13.1. The highest BCUT2D eigenvalue weighted by atomic mass is 32.3. The van der Waals surface area contributed by atoms with Gasteiger partial charge < -0.3 is 5.32 Å². The molecule has 0 aliphatic heterocycles. The quantitative estimate of drug-likeness (QED) is 0.854. The molecule has 0 radical (unpaired) electrons. The van der Waals surface area contributed by atoms with Crippen molar-refractivity contribution in [1.82, 2.24) is 14.8 Å². The molecule has 0 aliphatic rings. The van der Waals surface area contributed by atoms with Crippen LogP contribution in [0, 0.1) is 0 Å². The van der Waals surface area contributed by atoms with Gasteiger partial charge in [-0.1, -0.05) is 12.1 Å². The van der Waals surface area contributed by atoms with Crippen molar-refractivity contribution in [1.29, 1.82) is 0 Å². The second-order valence-electron chi connectivity index (χ2n) is 3.97. The SMILES string of the molecule is CC(C(=O)Nc1ccccc1S(=O)(=O)F)n1cncn1. The van der Waals surface area contributed by atoms with Gasteiger partial charge >= 0.3 is 10.2 Å². The number of nitrogens with zero attached hydrogens (tertiary/aromatic N) is 3. The number of carbonyl (C=O) groups excluding carboxylic acids is 1. The highest BCUT2D eigenvalue weighted by Crippen LogP contribution is 2.23. The normalized spacial score (nSPS) is 12.9. The molecule has 0 saturated heterocycles. The van der Waals surface area contributed by atoms with Gasteiger partial charge in [0.15, 0.2) is 0 Å². The van der Waals surface area contributed by atoms with Crippen LogP contribution in [0.1, 0.15) is 13.0 Å². The standard InChI is InChI=1S/C11H11FN4O3S/c1-8(16-7-13-6-14-16)11(17)15-9-4-2-3-5-10(9)20(12,18)19/h2-8H,1H3,(H,15,17). The van der Waals surface area contributed by atoms with E-state index in [2.05, 4.69) is 15.4 Å². The van der Waals surface area contributed by atoms with E-state index in [1.165, 1.54) is 35.5 Å². The summed E-state index contributed by atoms with van der Waals surface area (Å²) in [5.41, 5.74) is -0.119. The van der Waals surface area contributed by atoms with Crippen LogP contribution in [0.3, 0.4) is 0 Å². The molecule has 0 saturated carbocycles. The molecule has 2 aromatic rings. The first-order chi connectivity index (χ1) is 9.39. The highest BCUT2D eigenvalue weighted by Gasteiger charge is 2.21. The molecule has 7 nitrogen and oxygen atoms in total. The lowest BCUT2D eigenvalue weighted by atomic mass is 10.2. The molecular weight excluding hydrogens is 287 g/mol. The molecular formula is C11H11FN4O3S. The van der Waals surface area contributed by atoms with E-state index in [1.54, 1.807) is 6.92 Å². The summed E-state index contributed by atoms with van der Waals surface area (Å²) >= 11 is 0. The molecule has 2 rings (SSSR count). The molecule has 20 heavy (non-hydrogen) atoms. The molecule has 1 heterocycles. The van der Waals surface area contributed by atoms with Crippen molar-refractivity contribution >= 4 is 21.8 Å². The zero-order chi connectivity index (χ0) is 14.8. The first kappa shape index (κ1) is 14.1. The van der Waals surface area contributed by atoms with Gasteiger partial charge in [-0.2, -0.15) is 13.5 Å². The van der Waals surface area contributed by atoms with Crippen LogP contribution in [0.2, 0.25) is 0 Å². The number of halogens is 1. The lowest BCUT2D eigenvalue weighted by Crippen LogP contribution is -2.24. The molecule has 1 amide bonds. The van der Waals surface area contributed by atoms with Gasteiger partial charge in [-0.15, -0.1) is 3.89 Å². The molecule has 0 aliphatic carbocycles.